The van der Waals surface area contributed by atoms with Crippen LogP contribution in [0.5, 0.6) is 0 Å². The van der Waals surface area contributed by atoms with Crippen molar-refractivity contribution in [3.8, 4) is 0 Å². The summed E-state index contributed by atoms with van der Waals surface area (Å²) in [5.74, 6) is 0.229. The van der Waals surface area contributed by atoms with Gasteiger partial charge in [0.1, 0.15) is 5.60 Å². The van der Waals surface area contributed by atoms with Crippen molar-refractivity contribution in [1.82, 2.24) is 5.32 Å². The van der Waals surface area contributed by atoms with Gasteiger partial charge in [-0.1, -0.05) is 0 Å². The molecular weight excluding hydrogens is 170 g/mol. The van der Waals surface area contributed by atoms with Crippen molar-refractivity contribution < 1.29 is 14.6 Å². The van der Waals surface area contributed by atoms with Crippen LogP contribution in [0.3, 0.4) is 0 Å². The number of rotatable bonds is 2. The van der Waals surface area contributed by atoms with Crippen LogP contribution in [-0.2, 0) is 4.74 Å². The van der Waals surface area contributed by atoms with Crippen LogP contribution >= 0.6 is 0 Å². The summed E-state index contributed by atoms with van der Waals surface area (Å²) >= 11 is 0. The van der Waals surface area contributed by atoms with Gasteiger partial charge < -0.3 is 15.2 Å². The first kappa shape index (κ1) is 10.3. The van der Waals surface area contributed by atoms with Crippen LogP contribution in [0.4, 0.5) is 4.79 Å². The lowest BCUT2D eigenvalue weighted by atomic mass is 10.2. The van der Waals surface area contributed by atoms with E-state index >= 15 is 0 Å². The zero-order valence-electron chi connectivity index (χ0n) is 8.33. The molecule has 0 heterocycles. The predicted molar refractivity (Wildman–Crippen MR) is 48.4 cm³/mol. The first-order valence-corrected chi connectivity index (χ1v) is 4.53. The Morgan fingerprint density at radius 1 is 1.62 bits per heavy atom. The van der Waals surface area contributed by atoms with Gasteiger partial charge in [0.25, 0.3) is 0 Å². The molecule has 2 atom stereocenters. The highest BCUT2D eigenvalue weighted by Gasteiger charge is 2.38. The highest BCUT2D eigenvalue weighted by atomic mass is 16.6. The average Bonchev–Trinajstić information content (AvgIpc) is 2.62. The molecule has 1 unspecified atom stereocenters. The summed E-state index contributed by atoms with van der Waals surface area (Å²) < 4.78 is 5.05. The molecule has 0 radical (unpaired) electrons. The van der Waals surface area contributed by atoms with Gasteiger partial charge in [-0.2, -0.15) is 0 Å². The minimum Gasteiger partial charge on any atom is -0.444 e. The van der Waals surface area contributed by atoms with Crippen molar-refractivity contribution in [2.75, 3.05) is 6.61 Å². The summed E-state index contributed by atoms with van der Waals surface area (Å²) in [4.78, 5) is 11.2. The Kier molecular flexibility index (Phi) is 2.81. The molecule has 0 aliphatic heterocycles. The number of alkyl carbamates (subject to hydrolysis) is 1. The topological polar surface area (TPSA) is 58.6 Å². The Hall–Kier alpha value is -0.770. The van der Waals surface area contributed by atoms with E-state index in [0.29, 0.717) is 0 Å². The van der Waals surface area contributed by atoms with Gasteiger partial charge in [0.2, 0.25) is 0 Å². The molecule has 0 aromatic heterocycles. The fraction of sp³-hybridized carbons (Fsp3) is 0.889. The van der Waals surface area contributed by atoms with Crippen molar-refractivity contribution in [3.63, 3.8) is 0 Å². The van der Waals surface area contributed by atoms with Gasteiger partial charge in [-0.05, 0) is 27.2 Å². The number of amides is 1. The fourth-order valence-electron chi connectivity index (χ4n) is 1.09. The minimum atomic E-state index is -0.451. The van der Waals surface area contributed by atoms with Crippen LogP contribution in [0.1, 0.15) is 27.2 Å². The molecule has 0 spiro atoms. The highest BCUT2D eigenvalue weighted by molar-refractivity contribution is 5.68. The Morgan fingerprint density at radius 2 is 2.23 bits per heavy atom. The smallest absolute Gasteiger partial charge is 0.407 e. The Morgan fingerprint density at radius 3 is 2.62 bits per heavy atom. The lowest BCUT2D eigenvalue weighted by Gasteiger charge is -2.19. The first-order chi connectivity index (χ1) is 5.92. The number of aliphatic hydroxyl groups excluding tert-OH is 1. The normalized spacial score (nSPS) is 26.8. The summed E-state index contributed by atoms with van der Waals surface area (Å²) in [6, 6.07) is 0.111. The molecule has 1 aliphatic carbocycles. The number of hydrogen-bond acceptors (Lipinski definition) is 3. The van der Waals surface area contributed by atoms with E-state index in [1.54, 1.807) is 0 Å². The lowest BCUT2D eigenvalue weighted by Crippen LogP contribution is -2.34. The third-order valence-corrected chi connectivity index (χ3v) is 1.86. The molecule has 0 aromatic rings. The monoisotopic (exact) mass is 187 g/mol. The van der Waals surface area contributed by atoms with Gasteiger partial charge in [0.15, 0.2) is 0 Å². The van der Waals surface area contributed by atoms with Crippen molar-refractivity contribution in [2.24, 2.45) is 5.92 Å². The molecule has 13 heavy (non-hydrogen) atoms. The molecule has 1 rings (SSSR count). The molecule has 0 saturated heterocycles. The Labute approximate surface area is 78.3 Å². The quantitative estimate of drug-likeness (QED) is 0.675. The van der Waals surface area contributed by atoms with E-state index in [1.807, 2.05) is 20.8 Å². The fourth-order valence-corrected chi connectivity index (χ4v) is 1.09. The van der Waals surface area contributed by atoms with E-state index in [-0.39, 0.29) is 18.6 Å². The molecule has 4 nitrogen and oxygen atoms in total. The molecule has 76 valence electrons. The third kappa shape index (κ3) is 3.63. The second-order valence-corrected chi connectivity index (χ2v) is 4.43. The Bertz CT molecular complexity index is 198. The molecule has 0 aromatic carbocycles. The van der Waals surface area contributed by atoms with Gasteiger partial charge in [-0.15, -0.1) is 0 Å². The van der Waals surface area contributed by atoms with E-state index in [0.717, 1.165) is 6.42 Å². The minimum absolute atomic E-state index is 0.111. The predicted octanol–water partition coefficient (Wildman–Crippen LogP) is 0.892. The van der Waals surface area contributed by atoms with Crippen LogP contribution in [-0.4, -0.2) is 29.4 Å². The second-order valence-electron chi connectivity index (χ2n) is 4.43. The van der Waals surface area contributed by atoms with Gasteiger partial charge in [-0.25, -0.2) is 4.79 Å². The zero-order valence-corrected chi connectivity index (χ0v) is 8.33. The number of hydrogen-bond donors (Lipinski definition) is 2. The van der Waals surface area contributed by atoms with Gasteiger partial charge in [-0.3, -0.25) is 0 Å². The molecular formula is C9H17NO3. The molecule has 1 saturated carbocycles. The average molecular weight is 187 g/mol. The molecule has 2 N–H and O–H groups in total. The first-order valence-electron chi connectivity index (χ1n) is 4.53. The van der Waals surface area contributed by atoms with Gasteiger partial charge >= 0.3 is 6.09 Å². The number of nitrogens with one attached hydrogen (secondary N) is 1. The van der Waals surface area contributed by atoms with Crippen LogP contribution in [0, 0.1) is 5.92 Å². The number of aliphatic hydroxyl groups is 1. The molecule has 1 amide bonds. The number of ether oxygens (including phenoxy) is 1. The van der Waals surface area contributed by atoms with Gasteiger partial charge in [0, 0.05) is 18.6 Å². The zero-order chi connectivity index (χ0) is 10.1. The third-order valence-electron chi connectivity index (χ3n) is 1.86. The van der Waals surface area contributed by atoms with Crippen molar-refractivity contribution in [2.45, 2.75) is 38.8 Å². The summed E-state index contributed by atoms with van der Waals surface area (Å²) in [5, 5.41) is 11.4. The molecule has 4 heteroatoms. The Balaban J connectivity index is 2.20. The summed E-state index contributed by atoms with van der Waals surface area (Å²) in [6.45, 7) is 5.61. The van der Waals surface area contributed by atoms with E-state index in [1.165, 1.54) is 0 Å². The lowest BCUT2D eigenvalue weighted by molar-refractivity contribution is 0.0519. The van der Waals surface area contributed by atoms with Crippen LogP contribution in [0.25, 0.3) is 0 Å². The molecule has 1 fully saturated rings. The van der Waals surface area contributed by atoms with E-state index in [2.05, 4.69) is 5.32 Å². The maximum Gasteiger partial charge on any atom is 0.407 e. The number of carbonyl (C=O) groups is 1. The highest BCUT2D eigenvalue weighted by Crippen LogP contribution is 2.29. The summed E-state index contributed by atoms with van der Waals surface area (Å²) in [6.07, 6.45) is 0.462. The summed E-state index contributed by atoms with van der Waals surface area (Å²) in [5.41, 5.74) is -0.451. The maximum atomic E-state index is 11.2. The standard InChI is InChI=1S/C9H17NO3/c1-9(2,3)13-8(12)10-7-4-6(7)5-11/h6-7,11H,4-5H2,1-3H3,(H,10,12)/t6?,7-/m1/s1. The maximum absolute atomic E-state index is 11.2. The van der Waals surface area contributed by atoms with Crippen molar-refractivity contribution in [3.05, 3.63) is 0 Å². The van der Waals surface area contributed by atoms with E-state index in [4.69, 9.17) is 9.84 Å². The molecule has 0 bridgehead atoms. The van der Waals surface area contributed by atoms with Crippen LogP contribution in [0.15, 0.2) is 0 Å². The van der Waals surface area contributed by atoms with Gasteiger partial charge in [0.05, 0.1) is 0 Å². The second kappa shape index (κ2) is 3.54. The van der Waals surface area contributed by atoms with Crippen molar-refractivity contribution in [1.29, 1.82) is 0 Å². The summed E-state index contributed by atoms with van der Waals surface area (Å²) in [7, 11) is 0. The van der Waals surface area contributed by atoms with E-state index < -0.39 is 11.7 Å². The SMILES string of the molecule is CC(C)(C)OC(=O)N[C@@H]1CC1CO. The molecule has 1 aliphatic rings. The van der Waals surface area contributed by atoms with Crippen molar-refractivity contribution >= 4 is 6.09 Å². The largest absolute Gasteiger partial charge is 0.444 e. The number of carbonyl (C=O) groups excluding carboxylic acids is 1. The van der Waals surface area contributed by atoms with Crippen LogP contribution in [0.2, 0.25) is 0 Å². The van der Waals surface area contributed by atoms with E-state index in [9.17, 15) is 4.79 Å². The van der Waals surface area contributed by atoms with Crippen LogP contribution < -0.4 is 5.32 Å².